The zero-order valence-electron chi connectivity index (χ0n) is 77.6. The average molecular weight is 1820 g/mol. The van der Waals surface area contributed by atoms with Gasteiger partial charge in [-0.25, -0.2) is 71.0 Å². The third-order valence-electron chi connectivity index (χ3n) is 24.7. The molecule has 3 aliphatic carbocycles. The minimum Gasteiger partial charge on any atom is -0.457 e. The molecule has 18 rings (SSSR count). The van der Waals surface area contributed by atoms with Gasteiger partial charge in [0.05, 0.1) is 0 Å². The van der Waals surface area contributed by atoms with Gasteiger partial charge in [-0.05, 0) is 220 Å². The number of piperazine rings is 3. The first kappa shape index (κ1) is 94.6. The summed E-state index contributed by atoms with van der Waals surface area (Å²) in [5, 5.41) is 16.5. The van der Waals surface area contributed by atoms with Crippen molar-refractivity contribution in [1.82, 2.24) is 88.6 Å². The second-order valence-electron chi connectivity index (χ2n) is 37.9. The number of nitrogens with two attached hydrogens (primary N) is 3. The highest BCUT2D eigenvalue weighted by atomic mass is 19.1. The Bertz CT molecular complexity index is 5820. The Kier molecular flexibility index (Phi) is 29.1. The van der Waals surface area contributed by atoms with Crippen molar-refractivity contribution in [3.63, 3.8) is 0 Å². The number of imidazole rings is 3. The molecule has 6 aromatic heterocycles. The van der Waals surface area contributed by atoms with E-state index < -0.39 is 34.3 Å². The van der Waals surface area contributed by atoms with Crippen LogP contribution in [-0.4, -0.2) is 213 Å². The number of hydrogen-bond donors (Lipinski definition) is 4. The number of nitrogens with zero attached hydrogens (tertiary/aromatic N) is 17. The maximum Gasteiger partial charge on any atom is 0.410 e. The molecule has 133 heavy (non-hydrogen) atoms. The summed E-state index contributed by atoms with van der Waals surface area (Å²) in [6.07, 6.45) is 13.5. The number of nitrogens with one attached hydrogen (secondary N) is 1. The van der Waals surface area contributed by atoms with Crippen LogP contribution in [0.3, 0.4) is 0 Å². The number of nitrogen functional groups attached to an aromatic ring is 3. The number of Topliss-reactive ketones (excluding diaryl/α,β-unsaturated/α-hetero) is 1. The molecule has 3 atom stereocenters. The molecule has 3 amide bonds. The maximum atomic E-state index is 15.5. The topological polar surface area (TPSA) is 359 Å². The minimum absolute atomic E-state index is 0.0528. The molecule has 6 aliphatic rings. The molecule has 0 radical (unpaired) electrons. The van der Waals surface area contributed by atoms with Crippen molar-refractivity contribution in [3.05, 3.63) is 199 Å². The highest BCUT2D eigenvalue weighted by molar-refractivity contribution is 5.88. The number of halogens is 3. The number of hydrogen-bond acceptors (Lipinski definition) is 25. The molecular formula is C99H120F3N21O10. The average Bonchev–Trinajstić information content (AvgIpc) is 1.61. The Labute approximate surface area is 772 Å². The summed E-state index contributed by atoms with van der Waals surface area (Å²) in [7, 11) is 0. The molecule has 0 spiro atoms. The van der Waals surface area contributed by atoms with Gasteiger partial charge in [-0.15, -0.1) is 0 Å². The van der Waals surface area contributed by atoms with Crippen molar-refractivity contribution in [3.8, 4) is 68.3 Å². The number of aromatic nitrogens is 12. The van der Waals surface area contributed by atoms with E-state index in [1.165, 1.54) is 37.2 Å². The van der Waals surface area contributed by atoms with Crippen LogP contribution in [0.4, 0.5) is 45.0 Å². The molecule has 3 saturated carbocycles. The SMILES string of the molecule is C[C@H]1CN(C2CCC(c3nc(-c4ccc(Oc5ccccc5)cc4F)c4c(N)ncnn34)CC2)CCN1C(=O)OC(C)(C)C.C[C@H]1CN(C2CCC(c3nc(-c4ccc(Oc5ccccc5)cc4F)c4c(N)ncnn34)CC2)CCN1C(=O)OC(C)(C)C.C[C@H]1CNCCN1C(=O)OC(C)(C)C.Nc1ncnn2c(C3CCC(=O)CC3)nc(-c3ccc(Oc4ccccc4)cc3F)c12. The third kappa shape index (κ3) is 23.0. The Morgan fingerprint density at radius 1 is 0.391 bits per heavy atom. The number of benzene rings is 6. The smallest absolute Gasteiger partial charge is 0.410 e. The summed E-state index contributed by atoms with van der Waals surface area (Å²) in [5.74, 6) is 5.18. The molecule has 31 nitrogen and oxygen atoms in total. The van der Waals surface area contributed by atoms with Gasteiger partial charge in [0.1, 0.15) is 145 Å². The van der Waals surface area contributed by atoms with Crippen LogP contribution in [-0.2, 0) is 19.0 Å². The lowest BCUT2D eigenvalue weighted by molar-refractivity contribution is -0.120. The van der Waals surface area contributed by atoms with Crippen LogP contribution in [0.15, 0.2) is 165 Å². The fourth-order valence-electron chi connectivity index (χ4n) is 18.3. The van der Waals surface area contributed by atoms with E-state index in [1.54, 1.807) is 67.0 Å². The minimum atomic E-state index is -0.509. The predicted molar refractivity (Wildman–Crippen MR) is 501 cm³/mol. The Morgan fingerprint density at radius 3 is 0.992 bits per heavy atom. The molecule has 9 heterocycles. The first-order valence-electron chi connectivity index (χ1n) is 45.9. The van der Waals surface area contributed by atoms with Crippen molar-refractivity contribution in [2.24, 2.45) is 0 Å². The van der Waals surface area contributed by atoms with E-state index >= 15 is 13.2 Å². The molecule has 6 aromatic carbocycles. The van der Waals surface area contributed by atoms with Crippen molar-refractivity contribution in [2.45, 2.75) is 225 Å². The molecule has 6 fully saturated rings. The molecular weight excluding hydrogens is 1700 g/mol. The monoisotopic (exact) mass is 1820 g/mol. The number of fused-ring (bicyclic) bond motifs is 3. The van der Waals surface area contributed by atoms with E-state index in [1.807, 2.05) is 158 Å². The molecule has 7 N–H and O–H groups in total. The lowest BCUT2D eigenvalue weighted by Gasteiger charge is -2.45. The molecule has 0 bridgehead atoms. The number of ether oxygens (including phenoxy) is 6. The lowest BCUT2D eigenvalue weighted by atomic mass is 9.84. The van der Waals surface area contributed by atoms with E-state index in [2.05, 4.69) is 59.2 Å². The number of amides is 3. The summed E-state index contributed by atoms with van der Waals surface area (Å²) < 4.78 is 85.2. The van der Waals surface area contributed by atoms with Gasteiger partial charge in [0.15, 0.2) is 17.5 Å². The van der Waals surface area contributed by atoms with Crippen molar-refractivity contribution < 1.29 is 60.8 Å². The zero-order chi connectivity index (χ0) is 94.2. The highest BCUT2D eigenvalue weighted by Crippen LogP contribution is 2.44. The summed E-state index contributed by atoms with van der Waals surface area (Å²) in [4.78, 5) is 86.3. The van der Waals surface area contributed by atoms with E-state index in [0.29, 0.717) is 136 Å². The standard InChI is InChI=1S/2C33H40FN7O3.C23H20FN5O2.C10H20N2O2/c2*1-21-19-39(16-17-40(21)32(42)44-33(2,3)4)23-12-10-22(11-13-23)31-38-28(29-30(35)36-20-37-41(29)31)26-15-14-25(18-27(26)34)43-24-8-6-5-7-9-24;24-19-12-17(31-16-4-2-1-3-5-16)10-11-18(19)20-21-22(25)26-13-27-29(21)23(28-20)14-6-8-15(30)9-7-14;1-8-7-11-5-6-12(8)9(13)14-10(2,3)4/h2*5-9,14-15,18,20-23H,10-13,16-17,19H2,1-4H3,(H2,35,36,37);1-5,10-14H,6-9H2,(H2,25,26,27);8,11H,5-7H2,1-4H3/t2*21-,22?,23?;;8-/m00.0/s1. The summed E-state index contributed by atoms with van der Waals surface area (Å²) in [6, 6.07) is 43.1. The van der Waals surface area contributed by atoms with Crippen LogP contribution in [0.2, 0.25) is 0 Å². The van der Waals surface area contributed by atoms with Crippen LogP contribution in [0.25, 0.3) is 50.3 Å². The number of anilines is 3. The zero-order valence-corrected chi connectivity index (χ0v) is 77.6. The number of ketones is 1. The van der Waals surface area contributed by atoms with Gasteiger partial charge < -0.3 is 65.6 Å². The molecule has 0 unspecified atom stereocenters. The van der Waals surface area contributed by atoms with Gasteiger partial charge in [-0.2, -0.15) is 15.3 Å². The van der Waals surface area contributed by atoms with E-state index in [9.17, 15) is 19.2 Å². The van der Waals surface area contributed by atoms with E-state index in [4.69, 9.17) is 60.6 Å². The fourth-order valence-corrected chi connectivity index (χ4v) is 18.3. The van der Waals surface area contributed by atoms with Crippen LogP contribution < -0.4 is 36.7 Å². The molecule has 3 aliphatic heterocycles. The first-order valence-corrected chi connectivity index (χ1v) is 45.9. The van der Waals surface area contributed by atoms with Crippen molar-refractivity contribution >= 4 is 58.1 Å². The second kappa shape index (κ2) is 41.0. The number of rotatable bonds is 14. The molecule has 12 aromatic rings. The Balaban J connectivity index is 0.000000144. The second-order valence-corrected chi connectivity index (χ2v) is 37.9. The first-order chi connectivity index (χ1) is 63.6. The number of carbonyl (C=O) groups excluding carboxylic acids is 4. The van der Waals surface area contributed by atoms with Gasteiger partial charge >= 0.3 is 18.3 Å². The van der Waals surface area contributed by atoms with Gasteiger partial charge in [-0.1, -0.05) is 54.6 Å². The van der Waals surface area contributed by atoms with Crippen LogP contribution in [0, 0.1) is 17.5 Å². The van der Waals surface area contributed by atoms with Crippen LogP contribution >= 0.6 is 0 Å². The normalized spacial score (nSPS) is 20.1. The van der Waals surface area contributed by atoms with E-state index in [0.717, 1.165) is 109 Å². The number of para-hydroxylation sites is 3. The largest absolute Gasteiger partial charge is 0.457 e. The summed E-state index contributed by atoms with van der Waals surface area (Å²) >= 11 is 0. The van der Waals surface area contributed by atoms with Crippen molar-refractivity contribution in [1.29, 1.82) is 0 Å². The Hall–Kier alpha value is -13.1. The molecule has 3 saturated heterocycles. The van der Waals surface area contributed by atoms with Gasteiger partial charge in [0, 0.05) is 155 Å². The number of carbonyl (C=O) groups is 4. The Morgan fingerprint density at radius 2 is 0.699 bits per heavy atom. The molecule has 702 valence electrons. The van der Waals surface area contributed by atoms with Crippen molar-refractivity contribution in [2.75, 3.05) is 76.1 Å². The summed E-state index contributed by atoms with van der Waals surface area (Å²) in [6.45, 7) is 30.2. The van der Waals surface area contributed by atoms with Gasteiger partial charge in [0.2, 0.25) is 0 Å². The predicted octanol–water partition coefficient (Wildman–Crippen LogP) is 18.3. The van der Waals surface area contributed by atoms with Crippen LogP contribution in [0.5, 0.6) is 34.5 Å². The lowest BCUT2D eigenvalue weighted by Crippen LogP contribution is -2.57. The third-order valence-corrected chi connectivity index (χ3v) is 24.7. The fraction of sp³-hybridized carbons (Fsp3) is 0.444. The quantitative estimate of drug-likeness (QED) is 0.0735. The highest BCUT2D eigenvalue weighted by Gasteiger charge is 2.40. The van der Waals surface area contributed by atoms with E-state index in [-0.39, 0.29) is 83.0 Å². The van der Waals surface area contributed by atoms with Gasteiger partial charge in [0.25, 0.3) is 0 Å². The molecule has 34 heteroatoms. The summed E-state index contributed by atoms with van der Waals surface area (Å²) in [5.41, 5.74) is 21.0. The van der Waals surface area contributed by atoms with Gasteiger partial charge in [-0.3, -0.25) is 14.6 Å². The van der Waals surface area contributed by atoms with Crippen LogP contribution in [0.1, 0.15) is 195 Å². The maximum absolute atomic E-state index is 15.5.